The van der Waals surface area contributed by atoms with Gasteiger partial charge in [0.1, 0.15) is 0 Å². The van der Waals surface area contributed by atoms with Gasteiger partial charge in [0.15, 0.2) is 0 Å². The Hall–Kier alpha value is -1.59. The summed E-state index contributed by atoms with van der Waals surface area (Å²) in [7, 11) is 0. The third kappa shape index (κ3) is 3.95. The van der Waals surface area contributed by atoms with Gasteiger partial charge in [0.25, 0.3) is 5.69 Å². The van der Waals surface area contributed by atoms with E-state index in [0.29, 0.717) is 10.7 Å². The lowest BCUT2D eigenvalue weighted by Crippen LogP contribution is -2.10. The van der Waals surface area contributed by atoms with Crippen LogP contribution in [0.5, 0.6) is 0 Å². The zero-order valence-corrected chi connectivity index (χ0v) is 13.7. The van der Waals surface area contributed by atoms with Crippen molar-refractivity contribution < 1.29 is 4.92 Å². The van der Waals surface area contributed by atoms with E-state index >= 15 is 0 Å². The van der Waals surface area contributed by atoms with Crippen LogP contribution >= 0.6 is 27.5 Å². The van der Waals surface area contributed by atoms with Gasteiger partial charge in [0.05, 0.1) is 21.7 Å². The highest BCUT2D eigenvalue weighted by atomic mass is 79.9. The molecular formula is C15H14BrClN2O2. The number of nitro benzene ring substituents is 1. The highest BCUT2D eigenvalue weighted by Crippen LogP contribution is 2.31. The average molecular weight is 370 g/mol. The molecule has 0 amide bonds. The van der Waals surface area contributed by atoms with Crippen LogP contribution in [0.4, 0.5) is 11.4 Å². The molecule has 0 fully saturated rings. The molecule has 0 heterocycles. The van der Waals surface area contributed by atoms with Crippen LogP contribution in [-0.2, 0) is 0 Å². The Morgan fingerprint density at radius 1 is 1.33 bits per heavy atom. The Labute approximate surface area is 136 Å². The summed E-state index contributed by atoms with van der Waals surface area (Å²) in [6.45, 7) is 2.05. The predicted molar refractivity (Wildman–Crippen MR) is 88.9 cm³/mol. The molecule has 1 atom stereocenters. The molecule has 0 saturated carbocycles. The maximum absolute atomic E-state index is 10.9. The van der Waals surface area contributed by atoms with Crippen LogP contribution in [0.1, 0.15) is 24.9 Å². The zero-order chi connectivity index (χ0) is 15.4. The predicted octanol–water partition coefficient (Wildman–Crippen LogP) is 5.57. The summed E-state index contributed by atoms with van der Waals surface area (Å²) in [4.78, 5) is 10.4. The summed E-state index contributed by atoms with van der Waals surface area (Å²) in [5.74, 6) is 0. The first-order valence-corrected chi connectivity index (χ1v) is 7.64. The number of anilines is 1. The van der Waals surface area contributed by atoms with Gasteiger partial charge in [-0.25, -0.2) is 0 Å². The minimum atomic E-state index is -0.429. The van der Waals surface area contributed by atoms with Crippen LogP contribution in [-0.4, -0.2) is 4.92 Å². The lowest BCUT2D eigenvalue weighted by atomic mass is 10.0. The summed E-state index contributed by atoms with van der Waals surface area (Å²) in [6, 6.07) is 12.4. The van der Waals surface area contributed by atoms with Crippen LogP contribution in [0, 0.1) is 10.1 Å². The van der Waals surface area contributed by atoms with Crippen LogP contribution in [0.25, 0.3) is 0 Å². The first-order valence-electron chi connectivity index (χ1n) is 6.47. The van der Waals surface area contributed by atoms with E-state index in [-0.39, 0.29) is 11.7 Å². The fourth-order valence-corrected chi connectivity index (χ4v) is 2.66. The van der Waals surface area contributed by atoms with E-state index in [1.54, 1.807) is 0 Å². The average Bonchev–Trinajstić information content (AvgIpc) is 2.46. The monoisotopic (exact) mass is 368 g/mol. The molecule has 0 aliphatic carbocycles. The van der Waals surface area contributed by atoms with E-state index in [0.717, 1.165) is 16.5 Å². The van der Waals surface area contributed by atoms with Gasteiger partial charge in [-0.15, -0.1) is 0 Å². The Morgan fingerprint density at radius 2 is 2.10 bits per heavy atom. The van der Waals surface area contributed by atoms with E-state index in [9.17, 15) is 10.1 Å². The van der Waals surface area contributed by atoms with E-state index in [1.807, 2.05) is 31.2 Å². The molecule has 0 aliphatic rings. The fourth-order valence-electron chi connectivity index (χ4n) is 2.07. The van der Waals surface area contributed by atoms with E-state index < -0.39 is 4.92 Å². The molecule has 4 nitrogen and oxygen atoms in total. The van der Waals surface area contributed by atoms with Crippen molar-refractivity contribution >= 4 is 38.9 Å². The number of nitro groups is 1. The lowest BCUT2D eigenvalue weighted by molar-refractivity contribution is -0.384. The molecule has 110 valence electrons. The number of benzene rings is 2. The van der Waals surface area contributed by atoms with Crippen LogP contribution in [0.15, 0.2) is 46.9 Å². The molecular weight excluding hydrogens is 356 g/mol. The second kappa shape index (κ2) is 6.91. The third-order valence-corrected chi connectivity index (χ3v) is 3.97. The molecule has 0 aliphatic heterocycles. The molecule has 1 unspecified atom stereocenters. The fraction of sp³-hybridized carbons (Fsp3) is 0.200. The van der Waals surface area contributed by atoms with E-state index in [1.165, 1.54) is 18.2 Å². The molecule has 0 radical (unpaired) electrons. The smallest absolute Gasteiger partial charge is 0.271 e. The summed E-state index contributed by atoms with van der Waals surface area (Å²) in [5, 5.41) is 14.6. The molecule has 2 aromatic rings. The van der Waals surface area contributed by atoms with Crippen molar-refractivity contribution in [1.29, 1.82) is 0 Å². The minimum absolute atomic E-state index is 0.0194. The van der Waals surface area contributed by atoms with E-state index in [2.05, 4.69) is 21.2 Å². The zero-order valence-electron chi connectivity index (χ0n) is 11.3. The topological polar surface area (TPSA) is 55.2 Å². The maximum atomic E-state index is 10.9. The summed E-state index contributed by atoms with van der Waals surface area (Å²) in [5.41, 5.74) is 1.68. The third-order valence-electron chi connectivity index (χ3n) is 3.15. The second-order valence-corrected chi connectivity index (χ2v) is 5.90. The maximum Gasteiger partial charge on any atom is 0.271 e. The van der Waals surface area contributed by atoms with Crippen molar-refractivity contribution in [3.05, 3.63) is 67.6 Å². The molecule has 0 saturated heterocycles. The lowest BCUT2D eigenvalue weighted by Gasteiger charge is -2.19. The molecule has 2 rings (SSSR count). The van der Waals surface area contributed by atoms with Crippen molar-refractivity contribution in [3.8, 4) is 0 Å². The van der Waals surface area contributed by atoms with Gasteiger partial charge in [-0.3, -0.25) is 10.1 Å². The molecule has 2 aromatic carbocycles. The summed E-state index contributed by atoms with van der Waals surface area (Å²) >= 11 is 9.57. The van der Waals surface area contributed by atoms with Crippen molar-refractivity contribution in [2.75, 3.05) is 5.32 Å². The summed E-state index contributed by atoms with van der Waals surface area (Å²) in [6.07, 6.45) is 0.829. The first kappa shape index (κ1) is 15.8. The van der Waals surface area contributed by atoms with E-state index in [4.69, 9.17) is 11.6 Å². The highest BCUT2D eigenvalue weighted by Gasteiger charge is 2.14. The number of hydrogen-bond donors (Lipinski definition) is 1. The molecule has 1 N–H and O–H groups in total. The standard InChI is InChI=1S/C15H14BrClN2O2/c1-2-14(10-4-3-5-11(16)8-10)18-15-9-12(19(20)21)6-7-13(15)17/h3-9,14,18H,2H2,1H3. The van der Waals surface area contributed by atoms with Crippen LogP contribution in [0.3, 0.4) is 0 Å². The van der Waals surface area contributed by atoms with Gasteiger partial charge in [-0.1, -0.05) is 46.6 Å². The number of nitrogens with zero attached hydrogens (tertiary/aromatic N) is 1. The SMILES string of the molecule is CCC(Nc1cc([N+](=O)[O-])ccc1Cl)c1cccc(Br)c1. The largest absolute Gasteiger partial charge is 0.377 e. The number of rotatable bonds is 5. The number of non-ortho nitro benzene ring substituents is 1. The number of nitrogens with one attached hydrogen (secondary N) is 1. The van der Waals surface area contributed by atoms with Gasteiger partial charge in [0, 0.05) is 16.6 Å². The Kier molecular flexibility index (Phi) is 5.20. The van der Waals surface area contributed by atoms with Crippen molar-refractivity contribution in [1.82, 2.24) is 0 Å². The minimum Gasteiger partial charge on any atom is -0.377 e. The van der Waals surface area contributed by atoms with Crippen molar-refractivity contribution in [2.24, 2.45) is 0 Å². The van der Waals surface area contributed by atoms with Crippen molar-refractivity contribution in [3.63, 3.8) is 0 Å². The molecule has 0 aromatic heterocycles. The second-order valence-electron chi connectivity index (χ2n) is 4.58. The molecule has 21 heavy (non-hydrogen) atoms. The first-order chi connectivity index (χ1) is 10.0. The number of hydrogen-bond acceptors (Lipinski definition) is 3. The quantitative estimate of drug-likeness (QED) is 0.553. The highest BCUT2D eigenvalue weighted by molar-refractivity contribution is 9.10. The van der Waals surface area contributed by atoms with Crippen molar-refractivity contribution in [2.45, 2.75) is 19.4 Å². The van der Waals surface area contributed by atoms with Crippen LogP contribution in [0.2, 0.25) is 5.02 Å². The summed E-state index contributed by atoms with van der Waals surface area (Å²) < 4.78 is 0.991. The Bertz CT molecular complexity index is 664. The van der Waals surface area contributed by atoms with Gasteiger partial charge >= 0.3 is 0 Å². The molecule has 0 bridgehead atoms. The molecule has 6 heteroatoms. The van der Waals surface area contributed by atoms with Gasteiger partial charge < -0.3 is 5.32 Å². The normalized spacial score (nSPS) is 12.0. The van der Waals surface area contributed by atoms with Gasteiger partial charge in [-0.05, 0) is 30.2 Å². The number of halogens is 2. The Balaban J connectivity index is 2.30. The van der Waals surface area contributed by atoms with Gasteiger partial charge in [-0.2, -0.15) is 0 Å². The Morgan fingerprint density at radius 3 is 2.71 bits per heavy atom. The van der Waals surface area contributed by atoms with Gasteiger partial charge in [0.2, 0.25) is 0 Å². The molecule has 0 spiro atoms. The van der Waals surface area contributed by atoms with Crippen LogP contribution < -0.4 is 5.32 Å².